The molecule has 0 spiro atoms. The highest BCUT2D eigenvalue weighted by Gasteiger charge is 2.13. The summed E-state index contributed by atoms with van der Waals surface area (Å²) in [6.07, 6.45) is -0.772. The lowest BCUT2D eigenvalue weighted by Crippen LogP contribution is -2.02. The molecule has 2 aromatic rings. The summed E-state index contributed by atoms with van der Waals surface area (Å²) in [6, 6.07) is 12.1. The highest BCUT2D eigenvalue weighted by molar-refractivity contribution is 5.36. The Labute approximate surface area is 101 Å². The van der Waals surface area contributed by atoms with Crippen molar-refractivity contribution in [3.8, 4) is 0 Å². The molecular weight excluding hydrogens is 215 g/mol. The number of hydrogen-bond acceptors (Lipinski definition) is 1. The molecule has 2 rings (SSSR count). The van der Waals surface area contributed by atoms with Gasteiger partial charge >= 0.3 is 0 Å². The predicted molar refractivity (Wildman–Crippen MR) is 66.4 cm³/mol. The average molecular weight is 230 g/mol. The molecule has 0 aliphatic rings. The predicted octanol–water partition coefficient (Wildman–Crippen LogP) is 3.52. The summed E-state index contributed by atoms with van der Waals surface area (Å²) >= 11 is 0. The van der Waals surface area contributed by atoms with Gasteiger partial charge in [-0.2, -0.15) is 0 Å². The lowest BCUT2D eigenvalue weighted by molar-refractivity contribution is 0.219. The first-order valence-electron chi connectivity index (χ1n) is 5.58. The second-order valence-electron chi connectivity index (χ2n) is 4.31. The third kappa shape index (κ3) is 2.53. The standard InChI is InChI=1S/C15H15FO/c1-10-3-6-12(7-4-10)15(17)14-9-13(16)8-5-11(14)2/h3-9,15,17H,1-2H3. The van der Waals surface area contributed by atoms with E-state index in [1.165, 1.54) is 12.1 Å². The van der Waals surface area contributed by atoms with Crippen molar-refractivity contribution in [1.82, 2.24) is 0 Å². The zero-order chi connectivity index (χ0) is 12.4. The lowest BCUT2D eigenvalue weighted by atomic mass is 9.97. The number of benzene rings is 2. The topological polar surface area (TPSA) is 20.2 Å². The number of halogens is 1. The number of rotatable bonds is 2. The fourth-order valence-corrected chi connectivity index (χ4v) is 1.83. The third-order valence-electron chi connectivity index (χ3n) is 2.93. The molecule has 2 heteroatoms. The van der Waals surface area contributed by atoms with Crippen LogP contribution in [-0.4, -0.2) is 5.11 Å². The number of aryl methyl sites for hydroxylation is 2. The molecule has 88 valence electrons. The van der Waals surface area contributed by atoms with Gasteiger partial charge in [-0.05, 0) is 42.7 Å². The second kappa shape index (κ2) is 4.68. The van der Waals surface area contributed by atoms with Gasteiger partial charge < -0.3 is 5.11 Å². The van der Waals surface area contributed by atoms with Gasteiger partial charge in [0.05, 0.1) is 0 Å². The summed E-state index contributed by atoms with van der Waals surface area (Å²) in [5.41, 5.74) is 3.43. The molecule has 0 aliphatic heterocycles. The van der Waals surface area contributed by atoms with E-state index in [1.54, 1.807) is 6.07 Å². The molecule has 1 atom stereocenters. The van der Waals surface area contributed by atoms with E-state index in [2.05, 4.69) is 0 Å². The minimum Gasteiger partial charge on any atom is -0.384 e. The first-order chi connectivity index (χ1) is 8.08. The Morgan fingerprint density at radius 2 is 1.65 bits per heavy atom. The number of hydrogen-bond donors (Lipinski definition) is 1. The van der Waals surface area contributed by atoms with E-state index in [4.69, 9.17) is 0 Å². The molecule has 0 bridgehead atoms. The molecule has 1 unspecified atom stereocenters. The van der Waals surface area contributed by atoms with Gasteiger partial charge in [0.2, 0.25) is 0 Å². The summed E-state index contributed by atoms with van der Waals surface area (Å²) in [7, 11) is 0. The van der Waals surface area contributed by atoms with E-state index in [9.17, 15) is 9.50 Å². The van der Waals surface area contributed by atoms with Crippen LogP contribution in [0.3, 0.4) is 0 Å². The Morgan fingerprint density at radius 3 is 2.29 bits per heavy atom. The molecule has 0 aliphatic carbocycles. The van der Waals surface area contributed by atoms with E-state index < -0.39 is 6.10 Å². The largest absolute Gasteiger partial charge is 0.384 e. The fourth-order valence-electron chi connectivity index (χ4n) is 1.83. The van der Waals surface area contributed by atoms with Crippen molar-refractivity contribution in [3.05, 3.63) is 70.5 Å². The van der Waals surface area contributed by atoms with Crippen LogP contribution in [0.2, 0.25) is 0 Å². The highest BCUT2D eigenvalue weighted by atomic mass is 19.1. The molecule has 1 N–H and O–H groups in total. The molecule has 1 nitrogen and oxygen atoms in total. The molecular formula is C15H15FO. The Balaban J connectivity index is 2.39. The van der Waals surface area contributed by atoms with Crippen molar-refractivity contribution < 1.29 is 9.50 Å². The molecule has 0 aromatic heterocycles. The Hall–Kier alpha value is -1.67. The second-order valence-corrected chi connectivity index (χ2v) is 4.31. The van der Waals surface area contributed by atoms with Crippen molar-refractivity contribution in [1.29, 1.82) is 0 Å². The third-order valence-corrected chi connectivity index (χ3v) is 2.93. The van der Waals surface area contributed by atoms with Gasteiger partial charge in [-0.3, -0.25) is 0 Å². The summed E-state index contributed by atoms with van der Waals surface area (Å²) in [4.78, 5) is 0. The van der Waals surface area contributed by atoms with Gasteiger partial charge in [-0.1, -0.05) is 35.9 Å². The molecule has 17 heavy (non-hydrogen) atoms. The zero-order valence-corrected chi connectivity index (χ0v) is 9.94. The van der Waals surface area contributed by atoms with Crippen molar-refractivity contribution in [3.63, 3.8) is 0 Å². The first-order valence-corrected chi connectivity index (χ1v) is 5.58. The maximum Gasteiger partial charge on any atom is 0.123 e. The fraction of sp³-hybridized carbons (Fsp3) is 0.200. The van der Waals surface area contributed by atoms with E-state index in [-0.39, 0.29) is 5.82 Å². The van der Waals surface area contributed by atoms with Crippen LogP contribution in [0, 0.1) is 19.7 Å². The molecule has 0 fully saturated rings. The molecule has 0 amide bonds. The lowest BCUT2D eigenvalue weighted by Gasteiger charge is -2.14. The van der Waals surface area contributed by atoms with Crippen LogP contribution in [0.4, 0.5) is 4.39 Å². The van der Waals surface area contributed by atoms with Gasteiger partial charge in [0.25, 0.3) is 0 Å². The molecule has 0 heterocycles. The van der Waals surface area contributed by atoms with Crippen LogP contribution in [0.25, 0.3) is 0 Å². The Bertz CT molecular complexity index is 517. The van der Waals surface area contributed by atoms with Crippen LogP contribution in [0.1, 0.15) is 28.4 Å². The van der Waals surface area contributed by atoms with Gasteiger partial charge in [0.15, 0.2) is 0 Å². The Morgan fingerprint density at radius 1 is 1.00 bits per heavy atom. The van der Waals surface area contributed by atoms with Crippen LogP contribution in [0.15, 0.2) is 42.5 Å². The van der Waals surface area contributed by atoms with Crippen LogP contribution in [0.5, 0.6) is 0 Å². The Kier molecular flexibility index (Phi) is 3.25. The molecule has 0 saturated carbocycles. The van der Waals surface area contributed by atoms with E-state index >= 15 is 0 Å². The number of aliphatic hydroxyl groups excluding tert-OH is 1. The SMILES string of the molecule is Cc1ccc(C(O)c2cc(F)ccc2C)cc1. The van der Waals surface area contributed by atoms with Crippen molar-refractivity contribution in [2.75, 3.05) is 0 Å². The summed E-state index contributed by atoms with van der Waals surface area (Å²) in [5.74, 6) is -0.322. The van der Waals surface area contributed by atoms with Crippen molar-refractivity contribution >= 4 is 0 Å². The quantitative estimate of drug-likeness (QED) is 0.836. The average Bonchev–Trinajstić information content (AvgIpc) is 2.32. The van der Waals surface area contributed by atoms with Crippen LogP contribution < -0.4 is 0 Å². The summed E-state index contributed by atoms with van der Waals surface area (Å²) in [6.45, 7) is 3.86. The van der Waals surface area contributed by atoms with E-state index in [0.717, 1.165) is 16.7 Å². The smallest absolute Gasteiger partial charge is 0.123 e. The maximum atomic E-state index is 13.2. The van der Waals surface area contributed by atoms with Gasteiger partial charge in [0.1, 0.15) is 11.9 Å². The summed E-state index contributed by atoms with van der Waals surface area (Å²) < 4.78 is 13.2. The van der Waals surface area contributed by atoms with Crippen molar-refractivity contribution in [2.45, 2.75) is 20.0 Å². The first kappa shape index (κ1) is 11.8. The van der Waals surface area contributed by atoms with Crippen molar-refractivity contribution in [2.24, 2.45) is 0 Å². The maximum absolute atomic E-state index is 13.2. The number of aliphatic hydroxyl groups is 1. The van der Waals surface area contributed by atoms with Crippen LogP contribution >= 0.6 is 0 Å². The zero-order valence-electron chi connectivity index (χ0n) is 9.94. The van der Waals surface area contributed by atoms with E-state index in [0.29, 0.717) is 5.56 Å². The van der Waals surface area contributed by atoms with E-state index in [1.807, 2.05) is 38.1 Å². The van der Waals surface area contributed by atoms with Gasteiger partial charge in [-0.15, -0.1) is 0 Å². The normalized spacial score (nSPS) is 12.5. The van der Waals surface area contributed by atoms with Crippen LogP contribution in [-0.2, 0) is 0 Å². The molecule has 0 radical (unpaired) electrons. The minimum absolute atomic E-state index is 0.322. The van der Waals surface area contributed by atoms with Gasteiger partial charge in [-0.25, -0.2) is 4.39 Å². The monoisotopic (exact) mass is 230 g/mol. The minimum atomic E-state index is -0.772. The molecule has 0 saturated heterocycles. The molecule has 2 aromatic carbocycles. The summed E-state index contributed by atoms with van der Waals surface area (Å²) in [5, 5.41) is 10.2. The van der Waals surface area contributed by atoms with Gasteiger partial charge in [0, 0.05) is 0 Å². The highest BCUT2D eigenvalue weighted by Crippen LogP contribution is 2.25.